The highest BCUT2D eigenvalue weighted by Crippen LogP contribution is 2.45. The molecule has 12 heteroatoms. The van der Waals surface area contributed by atoms with Gasteiger partial charge in [-0.2, -0.15) is 39.5 Å². The second kappa shape index (κ2) is 10.4. The molecular formula is C26H23F9N2O. The van der Waals surface area contributed by atoms with E-state index in [0.29, 0.717) is 11.0 Å². The highest BCUT2D eigenvalue weighted by atomic mass is 19.4. The smallest absolute Gasteiger partial charge is 0.376 e. The SMILES string of the molecule is CN(CC(F)(F)F)c1ccc(C(O)(c2ccccc2)c2ccc(N(C)CC(F)(F)F)cc2C(F)(F)F)cc1. The molecule has 1 unspecified atom stereocenters. The van der Waals surface area contributed by atoms with E-state index in [1.54, 1.807) is 6.07 Å². The van der Waals surface area contributed by atoms with Crippen molar-refractivity contribution in [2.24, 2.45) is 0 Å². The summed E-state index contributed by atoms with van der Waals surface area (Å²) in [6.07, 6.45) is -14.2. The summed E-state index contributed by atoms with van der Waals surface area (Å²) in [7, 11) is 2.17. The number of benzene rings is 3. The number of nitrogens with zero attached hydrogens (tertiary/aromatic N) is 2. The summed E-state index contributed by atoms with van der Waals surface area (Å²) in [5, 5.41) is 11.9. The zero-order valence-corrected chi connectivity index (χ0v) is 20.1. The van der Waals surface area contributed by atoms with Crippen LogP contribution in [0.2, 0.25) is 0 Å². The Kier molecular flexibility index (Phi) is 7.97. The highest BCUT2D eigenvalue weighted by molar-refractivity contribution is 5.59. The Hall–Kier alpha value is -3.41. The number of alkyl halides is 9. The van der Waals surface area contributed by atoms with Crippen LogP contribution in [0.25, 0.3) is 0 Å². The van der Waals surface area contributed by atoms with Gasteiger partial charge in [-0.05, 0) is 35.4 Å². The maximum Gasteiger partial charge on any atom is 0.416 e. The van der Waals surface area contributed by atoms with Gasteiger partial charge >= 0.3 is 18.5 Å². The van der Waals surface area contributed by atoms with Crippen LogP contribution in [0.15, 0.2) is 72.8 Å². The van der Waals surface area contributed by atoms with Crippen molar-refractivity contribution in [3.05, 3.63) is 95.1 Å². The zero-order valence-electron chi connectivity index (χ0n) is 20.1. The lowest BCUT2D eigenvalue weighted by Crippen LogP contribution is -2.34. The molecule has 0 amide bonds. The van der Waals surface area contributed by atoms with Crippen molar-refractivity contribution < 1.29 is 44.6 Å². The fourth-order valence-electron chi connectivity index (χ4n) is 4.15. The average Bonchev–Trinajstić information content (AvgIpc) is 2.81. The predicted molar refractivity (Wildman–Crippen MR) is 125 cm³/mol. The van der Waals surface area contributed by atoms with E-state index in [2.05, 4.69) is 0 Å². The van der Waals surface area contributed by atoms with Crippen molar-refractivity contribution in [3.8, 4) is 0 Å². The van der Waals surface area contributed by atoms with Gasteiger partial charge in [0.15, 0.2) is 0 Å². The van der Waals surface area contributed by atoms with Gasteiger partial charge in [0.05, 0.1) is 5.56 Å². The first-order valence-electron chi connectivity index (χ1n) is 11.1. The van der Waals surface area contributed by atoms with Crippen LogP contribution in [-0.4, -0.2) is 44.6 Å². The van der Waals surface area contributed by atoms with Crippen molar-refractivity contribution in [1.29, 1.82) is 0 Å². The molecule has 206 valence electrons. The molecular weight excluding hydrogens is 527 g/mol. The maximum absolute atomic E-state index is 14.3. The first-order valence-corrected chi connectivity index (χ1v) is 11.1. The summed E-state index contributed by atoms with van der Waals surface area (Å²) in [5.41, 5.74) is -4.83. The summed E-state index contributed by atoms with van der Waals surface area (Å²) in [4.78, 5) is 1.49. The minimum absolute atomic E-state index is 0.0123. The average molecular weight is 550 g/mol. The number of halogens is 9. The second-order valence-corrected chi connectivity index (χ2v) is 8.79. The minimum atomic E-state index is -5.07. The van der Waals surface area contributed by atoms with Gasteiger partial charge in [0, 0.05) is 31.0 Å². The van der Waals surface area contributed by atoms with Crippen LogP contribution < -0.4 is 9.80 Å². The number of rotatable bonds is 7. The van der Waals surface area contributed by atoms with Crippen molar-refractivity contribution in [2.45, 2.75) is 24.1 Å². The third-order valence-electron chi connectivity index (χ3n) is 5.89. The lowest BCUT2D eigenvalue weighted by Gasteiger charge is -2.34. The first kappa shape index (κ1) is 29.2. The Morgan fingerprint density at radius 3 is 1.50 bits per heavy atom. The van der Waals surface area contributed by atoms with Crippen LogP contribution in [0.4, 0.5) is 50.9 Å². The predicted octanol–water partition coefficient (Wildman–Crippen LogP) is 6.99. The van der Waals surface area contributed by atoms with Crippen LogP contribution in [0, 0.1) is 0 Å². The molecule has 0 heterocycles. The fraction of sp³-hybridized carbons (Fsp3) is 0.308. The molecule has 0 aliphatic carbocycles. The Labute approximate surface area is 212 Å². The van der Waals surface area contributed by atoms with Crippen LogP contribution in [0.1, 0.15) is 22.3 Å². The number of hydrogen-bond donors (Lipinski definition) is 1. The van der Waals surface area contributed by atoms with Crippen LogP contribution in [0.5, 0.6) is 0 Å². The van der Waals surface area contributed by atoms with Crippen molar-refractivity contribution >= 4 is 11.4 Å². The van der Waals surface area contributed by atoms with Crippen LogP contribution >= 0.6 is 0 Å². The van der Waals surface area contributed by atoms with E-state index in [1.165, 1.54) is 55.6 Å². The third-order valence-corrected chi connectivity index (χ3v) is 5.89. The molecule has 0 aliphatic rings. The molecule has 3 nitrogen and oxygen atoms in total. The number of hydrogen-bond acceptors (Lipinski definition) is 3. The molecule has 0 fully saturated rings. The molecule has 38 heavy (non-hydrogen) atoms. The van der Waals surface area contributed by atoms with Crippen molar-refractivity contribution in [3.63, 3.8) is 0 Å². The van der Waals surface area contributed by atoms with Gasteiger partial charge in [0.1, 0.15) is 18.7 Å². The molecule has 1 N–H and O–H groups in total. The van der Waals surface area contributed by atoms with Gasteiger partial charge in [-0.3, -0.25) is 0 Å². The summed E-state index contributed by atoms with van der Waals surface area (Å²) < 4.78 is 120. The molecule has 3 rings (SSSR count). The summed E-state index contributed by atoms with van der Waals surface area (Å²) in [6, 6.07) is 14.6. The van der Waals surface area contributed by atoms with Gasteiger partial charge in [-0.15, -0.1) is 0 Å². The van der Waals surface area contributed by atoms with Gasteiger partial charge in [-0.1, -0.05) is 48.5 Å². The van der Waals surface area contributed by atoms with Crippen molar-refractivity contribution in [2.75, 3.05) is 37.0 Å². The van der Waals surface area contributed by atoms with E-state index in [1.807, 2.05) is 0 Å². The van der Waals surface area contributed by atoms with E-state index in [0.717, 1.165) is 24.1 Å². The normalized spacial score (nSPS) is 14.2. The quantitative estimate of drug-likeness (QED) is 0.254. The van der Waals surface area contributed by atoms with Gasteiger partial charge < -0.3 is 14.9 Å². The summed E-state index contributed by atoms with van der Waals surface area (Å²) in [6.45, 7) is -2.78. The van der Waals surface area contributed by atoms with E-state index in [9.17, 15) is 44.6 Å². The van der Waals surface area contributed by atoms with E-state index in [4.69, 9.17) is 0 Å². The topological polar surface area (TPSA) is 26.7 Å². The monoisotopic (exact) mass is 550 g/mol. The van der Waals surface area contributed by atoms with E-state index >= 15 is 0 Å². The van der Waals surface area contributed by atoms with E-state index < -0.39 is 48.3 Å². The largest absolute Gasteiger partial charge is 0.416 e. The van der Waals surface area contributed by atoms with Crippen LogP contribution in [0.3, 0.4) is 0 Å². The summed E-state index contributed by atoms with van der Waals surface area (Å²) in [5.74, 6) is 0. The number of aliphatic hydroxyl groups is 1. The fourth-order valence-corrected chi connectivity index (χ4v) is 4.15. The first-order chi connectivity index (χ1) is 17.4. The molecule has 0 radical (unpaired) electrons. The lowest BCUT2D eigenvalue weighted by atomic mass is 9.78. The molecule has 0 aromatic heterocycles. The molecule has 0 saturated carbocycles. The molecule has 3 aromatic carbocycles. The zero-order chi connectivity index (χ0) is 28.5. The van der Waals surface area contributed by atoms with Gasteiger partial charge in [-0.25, -0.2) is 0 Å². The van der Waals surface area contributed by atoms with Gasteiger partial charge in [0.25, 0.3) is 0 Å². The minimum Gasteiger partial charge on any atom is -0.376 e. The molecule has 0 saturated heterocycles. The Morgan fingerprint density at radius 1 is 0.579 bits per heavy atom. The Morgan fingerprint density at radius 2 is 1.03 bits per heavy atom. The van der Waals surface area contributed by atoms with E-state index in [-0.39, 0.29) is 22.5 Å². The molecule has 1 atom stereocenters. The molecule has 0 spiro atoms. The molecule has 0 aliphatic heterocycles. The Balaban J connectivity index is 2.19. The highest BCUT2D eigenvalue weighted by Gasteiger charge is 2.44. The lowest BCUT2D eigenvalue weighted by molar-refractivity contribution is -0.139. The summed E-state index contributed by atoms with van der Waals surface area (Å²) >= 11 is 0. The second-order valence-electron chi connectivity index (χ2n) is 8.79. The van der Waals surface area contributed by atoms with Crippen molar-refractivity contribution in [1.82, 2.24) is 0 Å². The van der Waals surface area contributed by atoms with Crippen LogP contribution in [-0.2, 0) is 11.8 Å². The standard InChI is InChI=1S/C26H23F9N2O/c1-36(15-23(27,28)29)19-10-8-18(9-11-19)25(38,17-6-4-3-5-7-17)21-13-12-20(14-22(21)26(33,34)35)37(2)16-24(30,31)32/h3-14,38H,15-16H2,1-2H3. The Bertz CT molecular complexity index is 1220. The van der Waals surface area contributed by atoms with Gasteiger partial charge in [0.2, 0.25) is 0 Å². The molecule has 3 aromatic rings. The third kappa shape index (κ3) is 6.72. The molecule has 0 bridgehead atoms. The maximum atomic E-state index is 14.3. The number of anilines is 2.